The Morgan fingerprint density at radius 1 is 1.12 bits per heavy atom. The van der Waals surface area contributed by atoms with E-state index in [4.69, 9.17) is 0 Å². The van der Waals surface area contributed by atoms with Gasteiger partial charge in [-0.15, -0.1) is 0 Å². The third kappa shape index (κ3) is 2.73. The van der Waals surface area contributed by atoms with Crippen molar-refractivity contribution in [3.8, 4) is 0 Å². The van der Waals surface area contributed by atoms with Crippen LogP contribution in [0.4, 0.5) is 24.5 Å². The van der Waals surface area contributed by atoms with Crippen molar-refractivity contribution in [1.82, 2.24) is 0 Å². The molecule has 1 aliphatic rings. The SMILES string of the molecule is O=C(O)C1Cc2ccccc2N(c2cccc(C(F)(F)F)c2)C1=O. The lowest BCUT2D eigenvalue weighted by Crippen LogP contribution is -2.41. The van der Waals surface area contributed by atoms with Gasteiger partial charge in [0.25, 0.3) is 0 Å². The molecule has 7 heteroatoms. The molecule has 0 fully saturated rings. The van der Waals surface area contributed by atoms with Gasteiger partial charge in [-0.25, -0.2) is 0 Å². The van der Waals surface area contributed by atoms with Crippen molar-refractivity contribution in [2.24, 2.45) is 5.92 Å². The molecule has 124 valence electrons. The number of amides is 1. The van der Waals surface area contributed by atoms with Crippen molar-refractivity contribution in [3.05, 3.63) is 59.7 Å². The predicted molar refractivity (Wildman–Crippen MR) is 79.9 cm³/mol. The van der Waals surface area contributed by atoms with Gasteiger partial charge in [0.2, 0.25) is 5.91 Å². The summed E-state index contributed by atoms with van der Waals surface area (Å²) in [5.41, 5.74) is 0.0946. The van der Waals surface area contributed by atoms with Crippen LogP contribution in [0.5, 0.6) is 0 Å². The molecule has 1 aliphatic heterocycles. The minimum atomic E-state index is -4.55. The fourth-order valence-corrected chi connectivity index (χ4v) is 2.76. The molecule has 1 heterocycles. The van der Waals surface area contributed by atoms with Crippen molar-refractivity contribution in [3.63, 3.8) is 0 Å². The van der Waals surface area contributed by atoms with Crippen LogP contribution in [0.25, 0.3) is 0 Å². The first-order valence-electron chi connectivity index (χ1n) is 7.11. The van der Waals surface area contributed by atoms with Crippen LogP contribution >= 0.6 is 0 Å². The second kappa shape index (κ2) is 5.67. The lowest BCUT2D eigenvalue weighted by Gasteiger charge is -2.32. The molecule has 0 spiro atoms. The summed E-state index contributed by atoms with van der Waals surface area (Å²) in [5.74, 6) is -3.37. The summed E-state index contributed by atoms with van der Waals surface area (Å²) in [5, 5.41) is 9.26. The van der Waals surface area contributed by atoms with E-state index in [-0.39, 0.29) is 12.1 Å². The molecule has 0 radical (unpaired) electrons. The van der Waals surface area contributed by atoms with Gasteiger partial charge in [-0.05, 0) is 36.2 Å². The largest absolute Gasteiger partial charge is 0.481 e. The third-order valence-electron chi connectivity index (χ3n) is 3.90. The van der Waals surface area contributed by atoms with E-state index in [0.717, 1.165) is 17.0 Å². The zero-order valence-corrected chi connectivity index (χ0v) is 12.2. The van der Waals surface area contributed by atoms with E-state index in [1.807, 2.05) is 0 Å². The Kier molecular flexibility index (Phi) is 3.79. The molecule has 4 nitrogen and oxygen atoms in total. The molecule has 0 saturated heterocycles. The van der Waals surface area contributed by atoms with Gasteiger partial charge < -0.3 is 5.11 Å². The molecule has 24 heavy (non-hydrogen) atoms. The maximum Gasteiger partial charge on any atom is 0.416 e. The number of carbonyl (C=O) groups excluding carboxylic acids is 1. The molecule has 3 rings (SSSR count). The fraction of sp³-hybridized carbons (Fsp3) is 0.176. The Morgan fingerprint density at radius 2 is 1.83 bits per heavy atom. The minimum absolute atomic E-state index is 0.00627. The fourth-order valence-electron chi connectivity index (χ4n) is 2.76. The first-order chi connectivity index (χ1) is 11.3. The summed E-state index contributed by atoms with van der Waals surface area (Å²) in [6, 6.07) is 10.9. The summed E-state index contributed by atoms with van der Waals surface area (Å²) in [6.07, 6.45) is -4.54. The number of alkyl halides is 3. The monoisotopic (exact) mass is 335 g/mol. The van der Waals surface area contributed by atoms with E-state index in [2.05, 4.69) is 0 Å². The Morgan fingerprint density at radius 3 is 2.50 bits per heavy atom. The number of para-hydroxylation sites is 1. The highest BCUT2D eigenvalue weighted by molar-refractivity contribution is 6.12. The summed E-state index contributed by atoms with van der Waals surface area (Å²) in [4.78, 5) is 25.0. The van der Waals surface area contributed by atoms with Crippen LogP contribution in [0, 0.1) is 5.92 Å². The number of carbonyl (C=O) groups is 2. The summed E-state index contributed by atoms with van der Waals surface area (Å²) >= 11 is 0. The second-order valence-corrected chi connectivity index (χ2v) is 5.45. The molecule has 1 N–H and O–H groups in total. The first kappa shape index (κ1) is 16.0. The number of hydrogen-bond donors (Lipinski definition) is 1. The van der Waals surface area contributed by atoms with Crippen molar-refractivity contribution in [2.45, 2.75) is 12.6 Å². The third-order valence-corrected chi connectivity index (χ3v) is 3.90. The van der Waals surface area contributed by atoms with Crippen molar-refractivity contribution in [2.75, 3.05) is 4.90 Å². The number of rotatable bonds is 2. The van der Waals surface area contributed by atoms with E-state index in [1.165, 1.54) is 12.1 Å². The van der Waals surface area contributed by atoms with Crippen LogP contribution in [0.2, 0.25) is 0 Å². The number of carboxylic acid groups (broad SMARTS) is 1. The van der Waals surface area contributed by atoms with Crippen LogP contribution < -0.4 is 4.90 Å². The zero-order chi connectivity index (χ0) is 17.5. The van der Waals surface area contributed by atoms with Crippen LogP contribution in [0.15, 0.2) is 48.5 Å². The number of hydrogen-bond acceptors (Lipinski definition) is 2. The van der Waals surface area contributed by atoms with Crippen LogP contribution in [0.1, 0.15) is 11.1 Å². The molecular weight excluding hydrogens is 323 g/mol. The van der Waals surface area contributed by atoms with Crippen molar-refractivity contribution >= 4 is 23.3 Å². The van der Waals surface area contributed by atoms with Gasteiger partial charge in [0.1, 0.15) is 5.92 Å². The molecular formula is C17H12F3NO3. The average Bonchev–Trinajstić information content (AvgIpc) is 2.53. The molecule has 1 unspecified atom stereocenters. The zero-order valence-electron chi connectivity index (χ0n) is 12.2. The van der Waals surface area contributed by atoms with Crippen LogP contribution in [-0.4, -0.2) is 17.0 Å². The molecule has 1 amide bonds. The van der Waals surface area contributed by atoms with Gasteiger partial charge in [-0.2, -0.15) is 13.2 Å². The van der Waals surface area contributed by atoms with E-state index in [9.17, 15) is 27.9 Å². The van der Waals surface area contributed by atoms with E-state index in [0.29, 0.717) is 11.3 Å². The smallest absolute Gasteiger partial charge is 0.416 e. The van der Waals surface area contributed by atoms with Gasteiger partial charge >= 0.3 is 12.1 Å². The Labute approximate surface area is 135 Å². The Hall–Kier alpha value is -2.83. The topological polar surface area (TPSA) is 57.6 Å². The second-order valence-electron chi connectivity index (χ2n) is 5.45. The van der Waals surface area contributed by atoms with Gasteiger partial charge in [0, 0.05) is 5.69 Å². The number of carboxylic acids is 1. The van der Waals surface area contributed by atoms with E-state index in [1.54, 1.807) is 24.3 Å². The van der Waals surface area contributed by atoms with E-state index >= 15 is 0 Å². The maximum absolute atomic E-state index is 12.9. The number of anilines is 2. The summed E-state index contributed by atoms with van der Waals surface area (Å²) in [6.45, 7) is 0. The first-order valence-corrected chi connectivity index (χ1v) is 7.11. The molecule has 0 aromatic heterocycles. The number of aliphatic carboxylic acids is 1. The van der Waals surface area contributed by atoms with Crippen LogP contribution in [0.3, 0.4) is 0 Å². The quantitative estimate of drug-likeness (QED) is 0.853. The maximum atomic E-state index is 12.9. The van der Waals surface area contributed by atoms with Gasteiger partial charge in [-0.1, -0.05) is 24.3 Å². The standard InChI is InChI=1S/C17H12F3NO3/c18-17(19,20)11-5-3-6-12(9-11)21-14-7-2-1-4-10(14)8-13(15(21)22)16(23)24/h1-7,9,13H,8H2,(H,23,24). The highest BCUT2D eigenvalue weighted by Gasteiger charge is 2.39. The summed E-state index contributed by atoms with van der Waals surface area (Å²) < 4.78 is 38.8. The summed E-state index contributed by atoms with van der Waals surface area (Å²) in [7, 11) is 0. The number of nitrogens with zero attached hydrogens (tertiary/aromatic N) is 1. The minimum Gasteiger partial charge on any atom is -0.481 e. The van der Waals surface area contributed by atoms with Crippen molar-refractivity contribution in [1.29, 1.82) is 0 Å². The lowest BCUT2D eigenvalue weighted by atomic mass is 9.91. The molecule has 0 bridgehead atoms. The van der Waals surface area contributed by atoms with Gasteiger partial charge in [0.15, 0.2) is 0 Å². The normalized spacial score (nSPS) is 17.5. The number of fused-ring (bicyclic) bond motifs is 1. The molecule has 0 aliphatic carbocycles. The number of halogens is 3. The van der Waals surface area contributed by atoms with Gasteiger partial charge in [0.05, 0.1) is 11.3 Å². The lowest BCUT2D eigenvalue weighted by molar-refractivity contribution is -0.146. The van der Waals surface area contributed by atoms with Crippen LogP contribution in [-0.2, 0) is 22.2 Å². The average molecular weight is 335 g/mol. The Bertz CT molecular complexity index is 817. The Balaban J connectivity index is 2.15. The molecule has 0 saturated carbocycles. The highest BCUT2D eigenvalue weighted by Crippen LogP contribution is 2.38. The van der Waals surface area contributed by atoms with Crippen molar-refractivity contribution < 1.29 is 27.9 Å². The van der Waals surface area contributed by atoms with E-state index < -0.39 is 29.5 Å². The highest BCUT2D eigenvalue weighted by atomic mass is 19.4. The number of benzene rings is 2. The molecule has 2 aromatic rings. The van der Waals surface area contributed by atoms with Gasteiger partial charge in [-0.3, -0.25) is 14.5 Å². The predicted octanol–water partition coefficient (Wildman–Crippen LogP) is 3.63. The molecule has 1 atom stereocenters. The molecule has 2 aromatic carbocycles.